The van der Waals surface area contributed by atoms with E-state index < -0.39 is 0 Å². The van der Waals surface area contributed by atoms with Crippen molar-refractivity contribution in [2.45, 2.75) is 25.4 Å². The lowest BCUT2D eigenvalue weighted by molar-refractivity contribution is 0.0480. The van der Waals surface area contributed by atoms with Gasteiger partial charge in [-0.05, 0) is 54.3 Å². The Hall–Kier alpha value is -1.65. The van der Waals surface area contributed by atoms with Crippen molar-refractivity contribution < 1.29 is 9.53 Å². The van der Waals surface area contributed by atoms with E-state index >= 15 is 0 Å². The predicted molar refractivity (Wildman–Crippen MR) is 92.7 cm³/mol. The third kappa shape index (κ3) is 3.48. The van der Waals surface area contributed by atoms with Crippen LogP contribution in [-0.2, 0) is 4.74 Å². The smallest absolute Gasteiger partial charge is 0.253 e. The summed E-state index contributed by atoms with van der Waals surface area (Å²) in [5.41, 5.74) is 1.94. The van der Waals surface area contributed by atoms with E-state index in [-0.39, 0.29) is 12.0 Å². The minimum absolute atomic E-state index is 0.125. The van der Waals surface area contributed by atoms with Crippen molar-refractivity contribution in [3.05, 3.63) is 47.3 Å². The van der Waals surface area contributed by atoms with E-state index in [1.165, 1.54) is 23.3 Å². The van der Waals surface area contributed by atoms with Crippen LogP contribution in [0.2, 0.25) is 0 Å². The quantitative estimate of drug-likeness (QED) is 0.829. The molecule has 0 radical (unpaired) electrons. The second-order valence-electron chi connectivity index (χ2n) is 6.49. The number of thiophene rings is 1. The van der Waals surface area contributed by atoms with Gasteiger partial charge in [-0.25, -0.2) is 0 Å². The zero-order chi connectivity index (χ0) is 15.6. The predicted octanol–water partition coefficient (Wildman–Crippen LogP) is 4.06. The lowest BCUT2D eigenvalue weighted by Gasteiger charge is -2.17. The number of nitrogens with zero attached hydrogens (tertiary/aromatic N) is 1. The standard InChI is InChI=1S/C19H21NO2S/c21-19(20-10-9-17(12-20)22-13-14-3-4-14)16-7-5-15(6-8-16)18-2-1-11-23-18/h1-2,5-8,11,14,17H,3-4,9-10,12-13H2/t17-/m0/s1. The highest BCUT2D eigenvalue weighted by atomic mass is 32.1. The molecule has 1 aromatic heterocycles. The molecule has 4 rings (SSSR count). The van der Waals surface area contributed by atoms with Crippen LogP contribution in [0.3, 0.4) is 0 Å². The Kier molecular flexibility index (Phi) is 4.19. The summed E-state index contributed by atoms with van der Waals surface area (Å²) in [6.07, 6.45) is 3.81. The monoisotopic (exact) mass is 327 g/mol. The molecule has 2 aliphatic rings. The van der Waals surface area contributed by atoms with Crippen LogP contribution >= 0.6 is 11.3 Å². The Labute approximate surface area is 140 Å². The molecule has 1 atom stereocenters. The van der Waals surface area contributed by atoms with Crippen LogP contribution in [-0.4, -0.2) is 36.6 Å². The van der Waals surface area contributed by atoms with Gasteiger partial charge >= 0.3 is 0 Å². The van der Waals surface area contributed by atoms with Gasteiger partial charge in [0.15, 0.2) is 0 Å². The summed E-state index contributed by atoms with van der Waals surface area (Å²) in [4.78, 5) is 15.8. The molecule has 1 saturated carbocycles. The Balaban J connectivity index is 1.36. The fourth-order valence-electron chi connectivity index (χ4n) is 3.01. The maximum absolute atomic E-state index is 12.6. The van der Waals surface area contributed by atoms with Crippen LogP contribution < -0.4 is 0 Å². The number of hydrogen-bond acceptors (Lipinski definition) is 3. The van der Waals surface area contributed by atoms with Crippen molar-refractivity contribution in [3.63, 3.8) is 0 Å². The van der Waals surface area contributed by atoms with E-state index in [0.717, 1.165) is 37.6 Å². The topological polar surface area (TPSA) is 29.5 Å². The Morgan fingerprint density at radius 1 is 1.17 bits per heavy atom. The molecule has 2 aromatic rings. The van der Waals surface area contributed by atoms with Gasteiger partial charge in [0.1, 0.15) is 0 Å². The summed E-state index contributed by atoms with van der Waals surface area (Å²) in [6, 6.07) is 12.1. The number of carbonyl (C=O) groups excluding carboxylic acids is 1. The van der Waals surface area contributed by atoms with E-state index in [0.29, 0.717) is 0 Å². The first-order valence-corrected chi connectivity index (χ1v) is 9.22. The molecular formula is C19H21NO2S. The molecular weight excluding hydrogens is 306 g/mol. The summed E-state index contributed by atoms with van der Waals surface area (Å²) in [5, 5.41) is 2.07. The first kappa shape index (κ1) is 14.9. The number of amides is 1. The SMILES string of the molecule is O=C(c1ccc(-c2cccs2)cc1)N1CC[C@H](OCC2CC2)C1. The Morgan fingerprint density at radius 3 is 2.70 bits per heavy atom. The summed E-state index contributed by atoms with van der Waals surface area (Å²) >= 11 is 1.72. The molecule has 1 aliphatic carbocycles. The molecule has 23 heavy (non-hydrogen) atoms. The van der Waals surface area contributed by atoms with Crippen LogP contribution in [0, 0.1) is 5.92 Å². The molecule has 4 heteroatoms. The zero-order valence-electron chi connectivity index (χ0n) is 13.1. The zero-order valence-corrected chi connectivity index (χ0v) is 13.9. The van der Waals surface area contributed by atoms with Crippen molar-refractivity contribution in [2.75, 3.05) is 19.7 Å². The van der Waals surface area contributed by atoms with E-state index in [1.807, 2.05) is 35.2 Å². The Morgan fingerprint density at radius 2 is 2.00 bits per heavy atom. The van der Waals surface area contributed by atoms with Gasteiger partial charge in [0.2, 0.25) is 0 Å². The summed E-state index contributed by atoms with van der Waals surface area (Å²) in [5.74, 6) is 0.907. The average Bonchev–Trinajstić information content (AvgIpc) is 3.07. The van der Waals surface area contributed by atoms with E-state index in [4.69, 9.17) is 4.74 Å². The second-order valence-corrected chi connectivity index (χ2v) is 7.44. The van der Waals surface area contributed by atoms with E-state index in [2.05, 4.69) is 11.4 Å². The third-order valence-corrected chi connectivity index (χ3v) is 5.55. The molecule has 2 heterocycles. The molecule has 3 nitrogen and oxygen atoms in total. The maximum Gasteiger partial charge on any atom is 0.253 e. The van der Waals surface area contributed by atoms with Gasteiger partial charge in [-0.1, -0.05) is 18.2 Å². The van der Waals surface area contributed by atoms with Crippen molar-refractivity contribution in [3.8, 4) is 10.4 Å². The lowest BCUT2D eigenvalue weighted by atomic mass is 10.1. The molecule has 2 fully saturated rings. The Bertz CT molecular complexity index is 661. The fraction of sp³-hybridized carbons (Fsp3) is 0.421. The van der Waals surface area contributed by atoms with E-state index in [1.54, 1.807) is 11.3 Å². The number of hydrogen-bond donors (Lipinski definition) is 0. The van der Waals surface area contributed by atoms with Gasteiger partial charge in [-0.15, -0.1) is 11.3 Å². The molecule has 0 bridgehead atoms. The number of rotatable bonds is 5. The number of carbonyl (C=O) groups is 1. The van der Waals surface area contributed by atoms with Gasteiger partial charge in [0.05, 0.1) is 6.10 Å². The maximum atomic E-state index is 12.6. The lowest BCUT2D eigenvalue weighted by Crippen LogP contribution is -2.30. The normalized spacial score (nSPS) is 20.9. The van der Waals surface area contributed by atoms with Gasteiger partial charge in [0, 0.05) is 30.1 Å². The molecule has 0 spiro atoms. The molecule has 0 N–H and O–H groups in total. The average molecular weight is 327 g/mol. The highest BCUT2D eigenvalue weighted by Gasteiger charge is 2.29. The van der Waals surface area contributed by atoms with Gasteiger partial charge in [-0.2, -0.15) is 0 Å². The largest absolute Gasteiger partial charge is 0.376 e. The van der Waals surface area contributed by atoms with Crippen LogP contribution in [0.25, 0.3) is 10.4 Å². The van der Waals surface area contributed by atoms with Gasteiger partial charge < -0.3 is 9.64 Å². The molecule has 120 valence electrons. The number of likely N-dealkylation sites (tertiary alicyclic amines) is 1. The van der Waals surface area contributed by atoms with Gasteiger partial charge in [0.25, 0.3) is 5.91 Å². The number of benzene rings is 1. The van der Waals surface area contributed by atoms with Crippen molar-refractivity contribution >= 4 is 17.2 Å². The van der Waals surface area contributed by atoms with Crippen LogP contribution in [0.5, 0.6) is 0 Å². The highest BCUT2D eigenvalue weighted by Crippen LogP contribution is 2.30. The highest BCUT2D eigenvalue weighted by molar-refractivity contribution is 7.13. The molecule has 0 unspecified atom stereocenters. The fourth-order valence-corrected chi connectivity index (χ4v) is 3.74. The van der Waals surface area contributed by atoms with Crippen molar-refractivity contribution in [1.82, 2.24) is 4.90 Å². The van der Waals surface area contributed by atoms with Crippen LogP contribution in [0.15, 0.2) is 41.8 Å². The summed E-state index contributed by atoms with van der Waals surface area (Å²) in [6.45, 7) is 2.42. The number of ether oxygens (including phenoxy) is 1. The van der Waals surface area contributed by atoms with Crippen molar-refractivity contribution in [1.29, 1.82) is 0 Å². The minimum Gasteiger partial charge on any atom is -0.376 e. The summed E-state index contributed by atoms with van der Waals surface area (Å²) < 4.78 is 5.92. The molecule has 1 aromatic carbocycles. The third-order valence-electron chi connectivity index (χ3n) is 4.63. The second kappa shape index (κ2) is 6.46. The minimum atomic E-state index is 0.125. The van der Waals surface area contributed by atoms with Gasteiger partial charge in [-0.3, -0.25) is 4.79 Å². The molecule has 1 aliphatic heterocycles. The molecule has 1 amide bonds. The first-order valence-electron chi connectivity index (χ1n) is 8.34. The van der Waals surface area contributed by atoms with Crippen LogP contribution in [0.1, 0.15) is 29.6 Å². The molecule has 1 saturated heterocycles. The van der Waals surface area contributed by atoms with Crippen molar-refractivity contribution in [2.24, 2.45) is 5.92 Å². The first-order chi connectivity index (χ1) is 11.3. The van der Waals surface area contributed by atoms with E-state index in [9.17, 15) is 4.79 Å². The summed E-state index contributed by atoms with van der Waals surface area (Å²) in [7, 11) is 0. The van der Waals surface area contributed by atoms with Crippen LogP contribution in [0.4, 0.5) is 0 Å².